The second-order valence-electron chi connectivity index (χ2n) is 3.25. The van der Waals surface area contributed by atoms with E-state index in [1.165, 1.54) is 0 Å². The largest absolute Gasteiger partial charge is 0.480 e. The maximum absolute atomic E-state index is 10.8. The number of unbranched alkanes of at least 4 members (excludes halogenated alkanes) is 1. The second-order valence-corrected chi connectivity index (χ2v) is 3.25. The van der Waals surface area contributed by atoms with Gasteiger partial charge >= 0.3 is 5.97 Å². The Balaban J connectivity index is 4.00. The lowest BCUT2D eigenvalue weighted by Gasteiger charge is -2.23. The van der Waals surface area contributed by atoms with Crippen LogP contribution in [0, 0.1) is 0 Å². The molecule has 1 atom stereocenters. The molecule has 0 rings (SSSR count). The number of nitrogens with two attached hydrogens (primary N) is 3. The van der Waals surface area contributed by atoms with E-state index in [1.54, 1.807) is 0 Å². The molecule has 0 saturated heterocycles. The quantitative estimate of drug-likeness (QED) is 0.393. The van der Waals surface area contributed by atoms with Crippen molar-refractivity contribution in [1.82, 2.24) is 0 Å². The zero-order valence-corrected chi connectivity index (χ0v) is 7.83. The number of rotatable bonds is 7. The minimum Gasteiger partial charge on any atom is -0.480 e. The molecule has 7 N–H and O–H groups in total. The minimum atomic E-state index is -1.16. The Labute approximate surface area is 78.3 Å². The summed E-state index contributed by atoms with van der Waals surface area (Å²) in [5, 5.41) is 8.85. The third kappa shape index (κ3) is 4.21. The molecule has 0 aliphatic heterocycles. The van der Waals surface area contributed by atoms with Gasteiger partial charge in [0.15, 0.2) is 0 Å². The number of carbonyl (C=O) groups is 1. The average Bonchev–Trinajstić information content (AvgIpc) is 2.05. The lowest BCUT2D eigenvalue weighted by Crippen LogP contribution is -2.49. The van der Waals surface area contributed by atoms with Crippen molar-refractivity contribution in [3.8, 4) is 0 Å². The fourth-order valence-corrected chi connectivity index (χ4v) is 1.18. The predicted octanol–water partition coefficient (Wildman–Crippen LogP) is -0.754. The highest BCUT2D eigenvalue weighted by molar-refractivity contribution is 5.78. The molecule has 0 spiro atoms. The van der Waals surface area contributed by atoms with Crippen LogP contribution in [0.5, 0.6) is 0 Å². The lowest BCUT2D eigenvalue weighted by atomic mass is 9.90. The third-order valence-corrected chi connectivity index (χ3v) is 2.09. The van der Waals surface area contributed by atoms with Crippen LogP contribution in [0.2, 0.25) is 0 Å². The number of aliphatic carboxylic acids is 1. The van der Waals surface area contributed by atoms with Crippen molar-refractivity contribution in [1.29, 1.82) is 0 Å². The van der Waals surface area contributed by atoms with Gasteiger partial charge in [0.25, 0.3) is 0 Å². The highest BCUT2D eigenvalue weighted by Gasteiger charge is 2.31. The summed E-state index contributed by atoms with van der Waals surface area (Å²) in [7, 11) is 0. The fraction of sp³-hybridized carbons (Fsp3) is 0.875. The second kappa shape index (κ2) is 5.90. The van der Waals surface area contributed by atoms with Gasteiger partial charge in [-0.2, -0.15) is 0 Å². The van der Waals surface area contributed by atoms with Crippen molar-refractivity contribution in [2.45, 2.75) is 31.2 Å². The Morgan fingerprint density at radius 3 is 2.15 bits per heavy atom. The van der Waals surface area contributed by atoms with Gasteiger partial charge < -0.3 is 22.3 Å². The summed E-state index contributed by atoms with van der Waals surface area (Å²) in [5.74, 6) is -0.977. The van der Waals surface area contributed by atoms with Crippen molar-refractivity contribution in [2.75, 3.05) is 13.1 Å². The van der Waals surface area contributed by atoms with Crippen LogP contribution < -0.4 is 17.2 Å². The van der Waals surface area contributed by atoms with Gasteiger partial charge in [-0.15, -0.1) is 0 Å². The van der Waals surface area contributed by atoms with Gasteiger partial charge in [-0.1, -0.05) is 0 Å². The van der Waals surface area contributed by atoms with Gasteiger partial charge in [-0.3, -0.25) is 4.79 Å². The third-order valence-electron chi connectivity index (χ3n) is 2.09. The van der Waals surface area contributed by atoms with Crippen LogP contribution in [0.25, 0.3) is 0 Å². The summed E-state index contributed by atoms with van der Waals surface area (Å²) < 4.78 is 0. The number of hydrogen-bond donors (Lipinski definition) is 4. The first-order chi connectivity index (χ1) is 6.06. The Bertz CT molecular complexity index is 163. The predicted molar refractivity (Wildman–Crippen MR) is 51.1 cm³/mol. The van der Waals surface area contributed by atoms with E-state index in [-0.39, 0.29) is 0 Å². The zero-order chi connectivity index (χ0) is 10.3. The first kappa shape index (κ1) is 12.3. The Morgan fingerprint density at radius 1 is 1.15 bits per heavy atom. The number of hydrogen-bond acceptors (Lipinski definition) is 4. The van der Waals surface area contributed by atoms with Crippen LogP contribution in [0.1, 0.15) is 25.7 Å². The smallest absolute Gasteiger partial charge is 0.323 e. The summed E-state index contributed by atoms with van der Waals surface area (Å²) in [5.41, 5.74) is 15.1. The molecule has 5 nitrogen and oxygen atoms in total. The molecule has 1 unspecified atom stereocenters. The van der Waals surface area contributed by atoms with Gasteiger partial charge in [0.1, 0.15) is 5.54 Å². The highest BCUT2D eigenvalue weighted by atomic mass is 16.4. The molecule has 0 aliphatic rings. The average molecular weight is 189 g/mol. The summed E-state index contributed by atoms with van der Waals surface area (Å²) in [4.78, 5) is 10.8. The summed E-state index contributed by atoms with van der Waals surface area (Å²) >= 11 is 0. The molecular formula is C8H19N3O2. The molecule has 0 aliphatic carbocycles. The minimum absolute atomic E-state index is 0.297. The molecule has 13 heavy (non-hydrogen) atoms. The molecule has 0 saturated carbocycles. The molecule has 0 radical (unpaired) electrons. The number of carboxylic acid groups (broad SMARTS) is 1. The van der Waals surface area contributed by atoms with E-state index < -0.39 is 11.5 Å². The molecule has 0 aromatic heterocycles. The first-order valence-corrected chi connectivity index (χ1v) is 4.49. The van der Waals surface area contributed by atoms with Gasteiger partial charge in [-0.25, -0.2) is 0 Å². The summed E-state index contributed by atoms with van der Waals surface area (Å²) in [6.45, 7) is 0.865. The van der Waals surface area contributed by atoms with E-state index in [0.717, 1.165) is 12.8 Å². The van der Waals surface area contributed by atoms with Crippen molar-refractivity contribution < 1.29 is 9.90 Å². The van der Waals surface area contributed by atoms with Crippen LogP contribution in [-0.2, 0) is 4.79 Å². The maximum Gasteiger partial charge on any atom is 0.323 e. The van der Waals surface area contributed by atoms with Gasteiger partial charge in [0.05, 0.1) is 0 Å². The van der Waals surface area contributed by atoms with E-state index in [9.17, 15) is 4.79 Å². The Kier molecular flexibility index (Phi) is 5.61. The molecule has 0 amide bonds. The van der Waals surface area contributed by atoms with Crippen molar-refractivity contribution >= 4 is 5.97 Å². The van der Waals surface area contributed by atoms with Gasteiger partial charge in [-0.05, 0) is 38.8 Å². The molecule has 5 heteroatoms. The Morgan fingerprint density at radius 2 is 1.77 bits per heavy atom. The summed E-state index contributed by atoms with van der Waals surface area (Å²) in [6.07, 6.45) is 2.29. The molecule has 0 bridgehead atoms. The summed E-state index contributed by atoms with van der Waals surface area (Å²) in [6, 6.07) is 0. The van der Waals surface area contributed by atoms with Crippen molar-refractivity contribution in [3.05, 3.63) is 0 Å². The zero-order valence-electron chi connectivity index (χ0n) is 7.83. The van der Waals surface area contributed by atoms with Crippen LogP contribution in [0.4, 0.5) is 0 Å². The maximum atomic E-state index is 10.8. The molecule has 0 heterocycles. The van der Waals surface area contributed by atoms with Crippen LogP contribution >= 0.6 is 0 Å². The van der Waals surface area contributed by atoms with Crippen LogP contribution in [-0.4, -0.2) is 29.7 Å². The van der Waals surface area contributed by atoms with E-state index >= 15 is 0 Å². The Hall–Kier alpha value is -0.650. The van der Waals surface area contributed by atoms with E-state index in [4.69, 9.17) is 22.3 Å². The highest BCUT2D eigenvalue weighted by Crippen LogP contribution is 2.15. The van der Waals surface area contributed by atoms with Crippen LogP contribution in [0.15, 0.2) is 0 Å². The van der Waals surface area contributed by atoms with E-state index in [0.29, 0.717) is 25.9 Å². The monoisotopic (exact) mass is 189 g/mol. The van der Waals surface area contributed by atoms with Crippen LogP contribution in [0.3, 0.4) is 0 Å². The van der Waals surface area contributed by atoms with Gasteiger partial charge in [0.2, 0.25) is 0 Å². The lowest BCUT2D eigenvalue weighted by molar-refractivity contribution is -0.143. The van der Waals surface area contributed by atoms with Gasteiger partial charge in [0, 0.05) is 0 Å². The molecule has 0 aromatic rings. The topological polar surface area (TPSA) is 115 Å². The SMILES string of the molecule is NCCCCC(N)(CCN)C(=O)O. The normalized spacial score (nSPS) is 15.3. The molecule has 0 aromatic carbocycles. The fourth-order valence-electron chi connectivity index (χ4n) is 1.18. The first-order valence-electron chi connectivity index (χ1n) is 4.49. The van der Waals surface area contributed by atoms with E-state index in [2.05, 4.69) is 0 Å². The van der Waals surface area contributed by atoms with Crippen molar-refractivity contribution in [3.63, 3.8) is 0 Å². The molecular weight excluding hydrogens is 170 g/mol. The molecule has 78 valence electrons. The standard InChI is InChI=1S/C8H19N3O2/c9-5-2-1-3-8(11,4-6-10)7(12)13/h1-6,9-11H2,(H,12,13). The number of carboxylic acids is 1. The van der Waals surface area contributed by atoms with E-state index in [1.807, 2.05) is 0 Å². The van der Waals surface area contributed by atoms with Crippen molar-refractivity contribution in [2.24, 2.45) is 17.2 Å². The molecule has 0 fully saturated rings.